The van der Waals surface area contributed by atoms with Crippen molar-refractivity contribution in [3.05, 3.63) is 59.9 Å². The smallest absolute Gasteiger partial charge is 0.119 e. The van der Waals surface area contributed by atoms with E-state index in [0.29, 0.717) is 0 Å². The summed E-state index contributed by atoms with van der Waals surface area (Å²) in [5, 5.41) is 4.40. The summed E-state index contributed by atoms with van der Waals surface area (Å²) < 4.78 is 7.23. The van der Waals surface area contributed by atoms with Crippen LogP contribution in [0.1, 0.15) is 17.0 Å². The predicted molar refractivity (Wildman–Crippen MR) is 85.3 cm³/mol. The Labute approximate surface area is 126 Å². The summed E-state index contributed by atoms with van der Waals surface area (Å²) >= 11 is 0. The Morgan fingerprint density at radius 1 is 1.33 bits per heavy atom. The van der Waals surface area contributed by atoms with Gasteiger partial charge in [0, 0.05) is 26.7 Å². The fraction of sp³-hybridized carbons (Fsp3) is 0.353. The molecule has 0 atom stereocenters. The van der Waals surface area contributed by atoms with E-state index >= 15 is 0 Å². The van der Waals surface area contributed by atoms with Crippen molar-refractivity contribution in [2.45, 2.75) is 20.0 Å². The SMILES string of the molecule is C=CCN(Cc1cccc(OC)c1)Cc1cc(C)nn1C. The molecule has 0 saturated heterocycles. The van der Waals surface area contributed by atoms with Gasteiger partial charge in [-0.1, -0.05) is 18.2 Å². The van der Waals surface area contributed by atoms with Crippen LogP contribution in [0.5, 0.6) is 5.75 Å². The van der Waals surface area contributed by atoms with E-state index in [1.807, 2.05) is 36.9 Å². The first-order valence-electron chi connectivity index (χ1n) is 7.08. The lowest BCUT2D eigenvalue weighted by molar-refractivity contribution is 0.277. The number of benzene rings is 1. The van der Waals surface area contributed by atoms with Crippen LogP contribution in [0, 0.1) is 6.92 Å². The first-order valence-corrected chi connectivity index (χ1v) is 7.08. The summed E-state index contributed by atoms with van der Waals surface area (Å²) in [5.41, 5.74) is 3.49. The molecular weight excluding hydrogens is 262 g/mol. The van der Waals surface area contributed by atoms with Crippen molar-refractivity contribution in [2.24, 2.45) is 7.05 Å². The van der Waals surface area contributed by atoms with Crippen molar-refractivity contribution < 1.29 is 4.74 Å². The number of methoxy groups -OCH3 is 1. The van der Waals surface area contributed by atoms with Crippen LogP contribution in [-0.4, -0.2) is 28.3 Å². The maximum Gasteiger partial charge on any atom is 0.119 e. The fourth-order valence-electron chi connectivity index (χ4n) is 2.44. The lowest BCUT2D eigenvalue weighted by Crippen LogP contribution is -2.24. The number of nitrogens with zero attached hydrogens (tertiary/aromatic N) is 3. The molecule has 0 unspecified atom stereocenters. The molecule has 21 heavy (non-hydrogen) atoms. The zero-order valence-electron chi connectivity index (χ0n) is 13.0. The second kappa shape index (κ2) is 7.09. The molecule has 0 aliphatic carbocycles. The molecule has 0 aliphatic rings. The van der Waals surface area contributed by atoms with E-state index in [2.05, 4.69) is 34.8 Å². The summed E-state index contributed by atoms with van der Waals surface area (Å²) in [4.78, 5) is 2.33. The van der Waals surface area contributed by atoms with Crippen LogP contribution in [-0.2, 0) is 20.1 Å². The van der Waals surface area contributed by atoms with E-state index in [4.69, 9.17) is 4.74 Å². The van der Waals surface area contributed by atoms with Crippen LogP contribution in [0.4, 0.5) is 0 Å². The average molecular weight is 285 g/mol. The van der Waals surface area contributed by atoms with Gasteiger partial charge in [-0.25, -0.2) is 0 Å². The monoisotopic (exact) mass is 285 g/mol. The summed E-state index contributed by atoms with van der Waals surface area (Å²) in [7, 11) is 3.68. The molecule has 0 aliphatic heterocycles. The highest BCUT2D eigenvalue weighted by molar-refractivity contribution is 5.28. The van der Waals surface area contributed by atoms with E-state index in [0.717, 1.165) is 31.1 Å². The van der Waals surface area contributed by atoms with Gasteiger partial charge in [0.25, 0.3) is 0 Å². The Morgan fingerprint density at radius 3 is 2.76 bits per heavy atom. The van der Waals surface area contributed by atoms with Crippen LogP contribution in [0.3, 0.4) is 0 Å². The molecule has 0 bridgehead atoms. The lowest BCUT2D eigenvalue weighted by Gasteiger charge is -2.21. The Kier molecular flexibility index (Phi) is 5.17. The third kappa shape index (κ3) is 4.20. The second-order valence-electron chi connectivity index (χ2n) is 5.21. The summed E-state index contributed by atoms with van der Waals surface area (Å²) in [6, 6.07) is 10.3. The minimum Gasteiger partial charge on any atom is -0.497 e. The number of hydrogen-bond acceptors (Lipinski definition) is 3. The molecule has 1 aromatic heterocycles. The van der Waals surface area contributed by atoms with Crippen LogP contribution in [0.2, 0.25) is 0 Å². The number of rotatable bonds is 7. The van der Waals surface area contributed by atoms with E-state index in [9.17, 15) is 0 Å². The van der Waals surface area contributed by atoms with Crippen LogP contribution < -0.4 is 4.74 Å². The van der Waals surface area contributed by atoms with Gasteiger partial charge in [0.05, 0.1) is 18.5 Å². The van der Waals surface area contributed by atoms with Gasteiger partial charge >= 0.3 is 0 Å². The van der Waals surface area contributed by atoms with Crippen molar-refractivity contribution in [1.29, 1.82) is 0 Å². The van der Waals surface area contributed by atoms with Crippen LogP contribution in [0.25, 0.3) is 0 Å². The highest BCUT2D eigenvalue weighted by Crippen LogP contribution is 2.16. The number of ether oxygens (including phenoxy) is 1. The molecule has 1 heterocycles. The van der Waals surface area contributed by atoms with Gasteiger partial charge in [-0.2, -0.15) is 5.10 Å². The Bertz CT molecular complexity index is 604. The zero-order chi connectivity index (χ0) is 15.2. The number of hydrogen-bond donors (Lipinski definition) is 0. The fourth-order valence-corrected chi connectivity index (χ4v) is 2.44. The van der Waals surface area contributed by atoms with Gasteiger partial charge < -0.3 is 4.74 Å². The van der Waals surface area contributed by atoms with Crippen LogP contribution in [0.15, 0.2) is 43.0 Å². The maximum absolute atomic E-state index is 5.28. The van der Waals surface area contributed by atoms with Crippen molar-refractivity contribution in [3.63, 3.8) is 0 Å². The van der Waals surface area contributed by atoms with Gasteiger partial charge in [-0.05, 0) is 30.7 Å². The molecule has 0 amide bonds. The van der Waals surface area contributed by atoms with E-state index in [1.54, 1.807) is 7.11 Å². The molecule has 0 fully saturated rings. The van der Waals surface area contributed by atoms with E-state index in [1.165, 1.54) is 11.3 Å². The molecule has 0 spiro atoms. The van der Waals surface area contributed by atoms with Crippen molar-refractivity contribution >= 4 is 0 Å². The molecule has 0 radical (unpaired) electrons. The molecule has 2 aromatic rings. The molecule has 112 valence electrons. The largest absolute Gasteiger partial charge is 0.497 e. The third-order valence-electron chi connectivity index (χ3n) is 3.41. The van der Waals surface area contributed by atoms with Gasteiger partial charge in [0.2, 0.25) is 0 Å². The molecule has 2 rings (SSSR count). The quantitative estimate of drug-likeness (QED) is 0.733. The second-order valence-corrected chi connectivity index (χ2v) is 5.21. The Morgan fingerprint density at radius 2 is 2.14 bits per heavy atom. The molecule has 4 heteroatoms. The van der Waals surface area contributed by atoms with Gasteiger partial charge in [-0.3, -0.25) is 9.58 Å². The zero-order valence-corrected chi connectivity index (χ0v) is 13.0. The lowest BCUT2D eigenvalue weighted by atomic mass is 10.2. The van der Waals surface area contributed by atoms with Gasteiger partial charge in [0.15, 0.2) is 0 Å². The minimum atomic E-state index is 0.835. The molecular formula is C17H23N3O. The highest BCUT2D eigenvalue weighted by Gasteiger charge is 2.10. The Hall–Kier alpha value is -2.07. The first-order chi connectivity index (χ1) is 10.1. The van der Waals surface area contributed by atoms with E-state index in [-0.39, 0.29) is 0 Å². The van der Waals surface area contributed by atoms with Gasteiger partial charge in [0.1, 0.15) is 5.75 Å². The maximum atomic E-state index is 5.28. The first kappa shape index (κ1) is 15.3. The predicted octanol–water partition coefficient (Wildman–Crippen LogP) is 2.93. The molecule has 0 N–H and O–H groups in total. The third-order valence-corrected chi connectivity index (χ3v) is 3.41. The van der Waals surface area contributed by atoms with E-state index < -0.39 is 0 Å². The average Bonchev–Trinajstić information content (AvgIpc) is 2.77. The highest BCUT2D eigenvalue weighted by atomic mass is 16.5. The van der Waals surface area contributed by atoms with Crippen molar-refractivity contribution in [2.75, 3.05) is 13.7 Å². The number of aryl methyl sites for hydroxylation is 2. The van der Waals surface area contributed by atoms with Gasteiger partial charge in [-0.15, -0.1) is 6.58 Å². The number of aromatic nitrogens is 2. The minimum absolute atomic E-state index is 0.835. The van der Waals surface area contributed by atoms with Crippen molar-refractivity contribution in [1.82, 2.24) is 14.7 Å². The molecule has 4 nitrogen and oxygen atoms in total. The molecule has 0 saturated carbocycles. The topological polar surface area (TPSA) is 30.3 Å². The standard InChI is InChI=1S/C17H23N3O/c1-5-9-20(13-16-10-14(2)18-19(16)3)12-15-7-6-8-17(11-15)21-4/h5-8,10-11H,1,9,12-13H2,2-4H3. The van der Waals surface area contributed by atoms with Crippen molar-refractivity contribution in [3.8, 4) is 5.75 Å². The Balaban J connectivity index is 2.11. The summed E-state index contributed by atoms with van der Waals surface area (Å²) in [5.74, 6) is 0.891. The molecule has 1 aromatic carbocycles. The van der Waals surface area contributed by atoms with Crippen LogP contribution >= 0.6 is 0 Å². The summed E-state index contributed by atoms with van der Waals surface area (Å²) in [6.45, 7) is 8.41. The normalized spacial score (nSPS) is 10.9. The summed E-state index contributed by atoms with van der Waals surface area (Å²) in [6.07, 6.45) is 1.93.